The monoisotopic (exact) mass is 701 g/mol. The summed E-state index contributed by atoms with van der Waals surface area (Å²) in [6, 6.07) is 1.09. The number of nitrogens with zero attached hydrogens (tertiary/aromatic N) is 2. The van der Waals surface area contributed by atoms with Gasteiger partial charge < -0.3 is 25.2 Å². The number of hydrogen-bond acceptors (Lipinski definition) is 10. The van der Waals surface area contributed by atoms with Crippen LogP contribution < -0.4 is 11.4 Å². The van der Waals surface area contributed by atoms with Crippen molar-refractivity contribution in [3.8, 4) is 0 Å². The van der Waals surface area contributed by atoms with Crippen LogP contribution in [0.1, 0.15) is 116 Å². The molecule has 0 saturated carbocycles. The number of ether oxygens (including phenoxy) is 2. The molecular formula is C30H51ClF2N3O9P. The number of aliphatic hydroxyl groups is 1. The zero-order valence-electron chi connectivity index (χ0n) is 26.7. The van der Waals surface area contributed by atoms with Crippen molar-refractivity contribution in [3.63, 3.8) is 0 Å². The Balaban J connectivity index is 1.53. The normalized spacial score (nSPS) is 21.2. The highest BCUT2D eigenvalue weighted by Crippen LogP contribution is 2.47. The quantitative estimate of drug-likeness (QED) is 0.0454. The maximum Gasteiger partial charge on any atom is 0.472 e. The van der Waals surface area contributed by atoms with Gasteiger partial charge in [0.15, 0.2) is 6.10 Å². The van der Waals surface area contributed by atoms with E-state index in [1.54, 1.807) is 0 Å². The van der Waals surface area contributed by atoms with Gasteiger partial charge in [0.1, 0.15) is 18.5 Å². The molecule has 2 rings (SSSR count). The van der Waals surface area contributed by atoms with Crippen LogP contribution in [0.3, 0.4) is 0 Å². The number of phosphoric acid groups is 1. The van der Waals surface area contributed by atoms with E-state index < -0.39 is 62.4 Å². The van der Waals surface area contributed by atoms with Gasteiger partial charge in [-0.2, -0.15) is 13.8 Å². The van der Waals surface area contributed by atoms with Gasteiger partial charge in [-0.25, -0.2) is 9.36 Å². The molecule has 0 amide bonds. The first-order chi connectivity index (χ1) is 21.9. The molecule has 1 fully saturated rings. The highest BCUT2D eigenvalue weighted by Gasteiger charge is 2.60. The summed E-state index contributed by atoms with van der Waals surface area (Å²) >= 11 is 6.03. The van der Waals surface area contributed by atoms with Crippen LogP contribution in [-0.4, -0.2) is 68.8 Å². The predicted octanol–water partition coefficient (Wildman–Crippen LogP) is 6.26. The van der Waals surface area contributed by atoms with Crippen LogP contribution in [0.2, 0.25) is 0 Å². The van der Waals surface area contributed by atoms with Crippen LogP contribution in [0.5, 0.6) is 0 Å². The number of hydrogen-bond donors (Lipinski definition) is 3. The number of nitrogens with two attached hydrogens (primary N) is 1. The summed E-state index contributed by atoms with van der Waals surface area (Å²) in [4.78, 5) is 37.2. The molecule has 12 nitrogen and oxygen atoms in total. The molecule has 1 aromatic rings. The molecule has 0 bridgehead atoms. The number of halogens is 3. The molecular weight excluding hydrogens is 651 g/mol. The summed E-state index contributed by atoms with van der Waals surface area (Å²) in [6.45, 7) is 0.433. The van der Waals surface area contributed by atoms with Gasteiger partial charge in [-0.05, 0) is 12.5 Å². The van der Waals surface area contributed by atoms with Crippen molar-refractivity contribution in [2.75, 3.05) is 25.6 Å². The second-order valence-electron chi connectivity index (χ2n) is 11.7. The number of anilines is 1. The van der Waals surface area contributed by atoms with E-state index >= 15 is 0 Å². The van der Waals surface area contributed by atoms with Gasteiger partial charge in [0.2, 0.25) is 6.23 Å². The number of unbranched alkanes of at least 4 members (excludes halogenated alkanes) is 14. The van der Waals surface area contributed by atoms with Crippen molar-refractivity contribution < 1.29 is 46.7 Å². The number of carbonyl (C=O) groups excluding carboxylic acids is 1. The lowest BCUT2D eigenvalue weighted by Gasteiger charge is -2.20. The van der Waals surface area contributed by atoms with Gasteiger partial charge in [-0.3, -0.25) is 18.4 Å². The largest absolute Gasteiger partial charge is 0.472 e. The van der Waals surface area contributed by atoms with Crippen LogP contribution in [0.25, 0.3) is 0 Å². The second kappa shape index (κ2) is 21.3. The minimum absolute atomic E-state index is 0.200. The van der Waals surface area contributed by atoms with Crippen molar-refractivity contribution in [3.05, 3.63) is 22.7 Å². The number of esters is 1. The van der Waals surface area contributed by atoms with E-state index in [0.29, 0.717) is 11.0 Å². The minimum atomic E-state index is -4.83. The lowest BCUT2D eigenvalue weighted by molar-refractivity contribution is -0.143. The average molecular weight is 702 g/mol. The molecule has 2 heterocycles. The number of alkyl halides is 3. The van der Waals surface area contributed by atoms with E-state index in [9.17, 15) is 32.9 Å². The summed E-state index contributed by atoms with van der Waals surface area (Å²) in [7, 11) is -4.83. The maximum atomic E-state index is 14.6. The molecule has 16 heteroatoms. The molecule has 0 aromatic carbocycles. The SMILES string of the molecule is CCCCCCCCCCCCCCCCCC(=O)OCC(Cl)COP(=O)(O)OC[C@H]1O[C@@H](n2ccc(N)nc2=O)C(F)(F)[C@@H]1O. The van der Waals surface area contributed by atoms with E-state index in [4.69, 9.17) is 35.9 Å². The zero-order valence-corrected chi connectivity index (χ0v) is 28.4. The summed E-state index contributed by atoms with van der Waals surface area (Å²) in [5.74, 6) is -4.61. The number of rotatable bonds is 25. The van der Waals surface area contributed by atoms with Crippen molar-refractivity contribution in [2.24, 2.45) is 0 Å². The van der Waals surface area contributed by atoms with E-state index in [1.165, 1.54) is 70.6 Å². The number of carbonyl (C=O) groups is 1. The molecule has 1 aliphatic heterocycles. The number of phosphoric ester groups is 1. The molecule has 46 heavy (non-hydrogen) atoms. The van der Waals surface area contributed by atoms with Crippen LogP contribution in [0.4, 0.5) is 14.6 Å². The first-order valence-electron chi connectivity index (χ1n) is 16.3. The van der Waals surface area contributed by atoms with Crippen LogP contribution in [0, 0.1) is 0 Å². The topological polar surface area (TPSA) is 172 Å². The first kappa shape index (κ1) is 40.5. The molecule has 0 radical (unpaired) electrons. The Hall–Kier alpha value is -1.67. The Labute approximate surface area is 274 Å². The van der Waals surface area contributed by atoms with Crippen LogP contribution >= 0.6 is 19.4 Å². The Kier molecular flexibility index (Phi) is 18.8. The van der Waals surface area contributed by atoms with Crippen LogP contribution in [0.15, 0.2) is 17.1 Å². The lowest BCUT2D eigenvalue weighted by Crippen LogP contribution is -2.42. The molecule has 0 spiro atoms. The van der Waals surface area contributed by atoms with Gasteiger partial charge in [0.25, 0.3) is 0 Å². The van der Waals surface area contributed by atoms with E-state index in [0.717, 1.165) is 31.5 Å². The first-order valence-corrected chi connectivity index (χ1v) is 18.3. The molecule has 1 saturated heterocycles. The third-order valence-corrected chi connectivity index (χ3v) is 8.92. The van der Waals surface area contributed by atoms with Gasteiger partial charge >= 0.3 is 25.4 Å². The Morgan fingerprint density at radius 2 is 1.59 bits per heavy atom. The highest BCUT2D eigenvalue weighted by atomic mass is 35.5. The van der Waals surface area contributed by atoms with Crippen molar-refractivity contribution >= 4 is 31.2 Å². The third kappa shape index (κ3) is 15.0. The number of aliphatic hydroxyl groups excluding tert-OH is 1. The lowest BCUT2D eigenvalue weighted by atomic mass is 10.0. The van der Waals surface area contributed by atoms with Gasteiger partial charge in [-0.15, -0.1) is 11.6 Å². The van der Waals surface area contributed by atoms with Crippen LogP contribution in [-0.2, 0) is 27.9 Å². The average Bonchev–Trinajstić information content (AvgIpc) is 3.23. The molecule has 1 aliphatic rings. The summed E-state index contributed by atoms with van der Waals surface area (Å²) in [6.07, 6.45) is 12.9. The van der Waals surface area contributed by atoms with Gasteiger partial charge in [0.05, 0.1) is 18.6 Å². The van der Waals surface area contributed by atoms with E-state index in [2.05, 4.69) is 11.9 Å². The molecule has 5 atom stereocenters. The Bertz CT molecular complexity index is 1130. The summed E-state index contributed by atoms with van der Waals surface area (Å²) in [5.41, 5.74) is 4.22. The highest BCUT2D eigenvalue weighted by molar-refractivity contribution is 7.47. The van der Waals surface area contributed by atoms with E-state index in [-0.39, 0.29) is 18.8 Å². The molecule has 1 aromatic heterocycles. The summed E-state index contributed by atoms with van der Waals surface area (Å²) in [5, 5.41) is 9.03. The number of aromatic nitrogens is 2. The predicted molar refractivity (Wildman–Crippen MR) is 170 cm³/mol. The fourth-order valence-corrected chi connectivity index (χ4v) is 6.03. The van der Waals surface area contributed by atoms with Gasteiger partial charge in [0, 0.05) is 12.6 Å². The minimum Gasteiger partial charge on any atom is -0.464 e. The number of nitrogen functional groups attached to an aromatic ring is 1. The molecule has 4 N–H and O–H groups in total. The van der Waals surface area contributed by atoms with E-state index in [1.807, 2.05) is 0 Å². The van der Waals surface area contributed by atoms with Gasteiger partial charge in [-0.1, -0.05) is 96.8 Å². The molecule has 2 unspecified atom stereocenters. The molecule has 266 valence electrons. The Morgan fingerprint density at radius 3 is 2.13 bits per heavy atom. The van der Waals surface area contributed by atoms with Crippen molar-refractivity contribution in [2.45, 2.75) is 139 Å². The smallest absolute Gasteiger partial charge is 0.464 e. The summed E-state index contributed by atoms with van der Waals surface area (Å²) < 4.78 is 61.5. The fourth-order valence-electron chi connectivity index (χ4n) is 5.03. The maximum absolute atomic E-state index is 14.6. The van der Waals surface area contributed by atoms with Crippen molar-refractivity contribution in [1.29, 1.82) is 0 Å². The molecule has 0 aliphatic carbocycles. The fraction of sp³-hybridized carbons (Fsp3) is 0.833. The third-order valence-electron chi connectivity index (χ3n) is 7.71. The second-order valence-corrected chi connectivity index (χ2v) is 13.8. The zero-order chi connectivity index (χ0) is 34.0. The van der Waals surface area contributed by atoms with Crippen molar-refractivity contribution in [1.82, 2.24) is 9.55 Å². The standard InChI is InChI=1S/C30H51ClF2N3O9P/c1-2-3-4-5-6-7-8-9-10-11-12-13-14-15-16-17-26(37)42-20-23(31)21-43-46(40,41)44-22-24-27(38)30(32,33)28(45-24)36-19-18-25(34)35-29(36)39/h18-19,23-24,27-28,38H,2-17,20-22H2,1H3,(H,40,41)(H2,34,35,39)/t23?,24-,27-,28-/m1/s1. The Morgan fingerprint density at radius 1 is 1.04 bits per heavy atom.